The van der Waals surface area contributed by atoms with Gasteiger partial charge in [-0.1, -0.05) is 37.6 Å². The Morgan fingerprint density at radius 1 is 1.06 bits per heavy atom. The first kappa shape index (κ1) is 22.9. The molecule has 1 amide bonds. The van der Waals surface area contributed by atoms with Crippen molar-refractivity contribution in [1.82, 2.24) is 9.47 Å². The number of carbonyl (C=O) groups is 1. The van der Waals surface area contributed by atoms with Crippen molar-refractivity contribution in [1.29, 1.82) is 0 Å². The number of benzene rings is 2. The molecule has 7 heteroatoms. The van der Waals surface area contributed by atoms with Crippen molar-refractivity contribution >= 4 is 17.5 Å². The van der Waals surface area contributed by atoms with Crippen molar-refractivity contribution in [2.24, 2.45) is 5.92 Å². The highest BCUT2D eigenvalue weighted by Gasteiger charge is 2.30. The molecule has 0 bridgehead atoms. The van der Waals surface area contributed by atoms with Gasteiger partial charge >= 0.3 is 6.18 Å². The van der Waals surface area contributed by atoms with Crippen LogP contribution in [0.4, 0.5) is 13.2 Å². The Morgan fingerprint density at radius 3 is 2.39 bits per heavy atom. The normalized spacial score (nSPS) is 11.7. The molecule has 1 aromatic heterocycles. The van der Waals surface area contributed by atoms with E-state index >= 15 is 0 Å². The van der Waals surface area contributed by atoms with Crippen LogP contribution in [0.1, 0.15) is 41.0 Å². The molecule has 0 spiro atoms. The monoisotopic (exact) mass is 448 g/mol. The molecule has 0 aliphatic rings. The molecule has 0 atom stereocenters. The lowest BCUT2D eigenvalue weighted by atomic mass is 10.1. The van der Waals surface area contributed by atoms with E-state index in [0.29, 0.717) is 24.7 Å². The van der Waals surface area contributed by atoms with Gasteiger partial charge in [-0.15, -0.1) is 0 Å². The van der Waals surface area contributed by atoms with Gasteiger partial charge in [-0.25, -0.2) is 0 Å². The summed E-state index contributed by atoms with van der Waals surface area (Å²) in [7, 11) is 0. The fourth-order valence-electron chi connectivity index (χ4n) is 3.42. The van der Waals surface area contributed by atoms with Crippen LogP contribution in [0.3, 0.4) is 0 Å². The van der Waals surface area contributed by atoms with Gasteiger partial charge in [0.25, 0.3) is 5.91 Å². The summed E-state index contributed by atoms with van der Waals surface area (Å²) in [5.41, 5.74) is 1.44. The molecule has 3 rings (SSSR count). The second-order valence-electron chi connectivity index (χ2n) is 7.91. The van der Waals surface area contributed by atoms with E-state index in [1.807, 2.05) is 61.0 Å². The maximum Gasteiger partial charge on any atom is 0.416 e. The summed E-state index contributed by atoms with van der Waals surface area (Å²) < 4.78 is 40.6. The molecule has 1 heterocycles. The molecule has 31 heavy (non-hydrogen) atoms. The Morgan fingerprint density at radius 2 is 1.77 bits per heavy atom. The van der Waals surface area contributed by atoms with Crippen LogP contribution >= 0.6 is 11.6 Å². The van der Waals surface area contributed by atoms with Crippen molar-refractivity contribution in [3.8, 4) is 0 Å². The molecule has 0 saturated heterocycles. The minimum Gasteiger partial charge on any atom is -0.345 e. The van der Waals surface area contributed by atoms with Gasteiger partial charge < -0.3 is 9.47 Å². The highest BCUT2D eigenvalue weighted by molar-refractivity contribution is 6.30. The highest BCUT2D eigenvalue weighted by Crippen LogP contribution is 2.29. The number of alkyl halides is 3. The summed E-state index contributed by atoms with van der Waals surface area (Å²) in [4.78, 5) is 14.8. The SMILES string of the molecule is CC(C)CN(Cc1cccn1Cc1cccc(Cl)c1)C(=O)c1ccc(C(F)(F)F)cc1. The van der Waals surface area contributed by atoms with E-state index in [0.717, 1.165) is 23.4 Å². The first-order valence-corrected chi connectivity index (χ1v) is 10.4. The average molecular weight is 449 g/mol. The molecule has 3 aromatic rings. The molecular formula is C24H24ClF3N2O. The minimum atomic E-state index is -4.43. The Bertz CT molecular complexity index is 1030. The van der Waals surface area contributed by atoms with Crippen LogP contribution in [0.25, 0.3) is 0 Å². The third-order valence-electron chi connectivity index (χ3n) is 4.85. The number of amides is 1. The third kappa shape index (κ3) is 6.14. The van der Waals surface area contributed by atoms with Gasteiger partial charge in [-0.3, -0.25) is 4.79 Å². The minimum absolute atomic E-state index is 0.203. The predicted molar refractivity (Wildman–Crippen MR) is 116 cm³/mol. The first-order valence-electron chi connectivity index (χ1n) is 9.98. The molecule has 2 aromatic carbocycles. The average Bonchev–Trinajstić information content (AvgIpc) is 3.12. The van der Waals surface area contributed by atoms with E-state index in [-0.39, 0.29) is 17.4 Å². The van der Waals surface area contributed by atoms with E-state index in [2.05, 4.69) is 0 Å². The number of hydrogen-bond donors (Lipinski definition) is 0. The van der Waals surface area contributed by atoms with Gasteiger partial charge in [0.1, 0.15) is 0 Å². The topological polar surface area (TPSA) is 25.2 Å². The zero-order valence-electron chi connectivity index (χ0n) is 17.4. The number of rotatable bonds is 7. The molecular weight excluding hydrogens is 425 g/mol. The summed E-state index contributed by atoms with van der Waals surface area (Å²) >= 11 is 6.08. The molecule has 3 nitrogen and oxygen atoms in total. The lowest BCUT2D eigenvalue weighted by molar-refractivity contribution is -0.137. The molecule has 0 radical (unpaired) electrons. The van der Waals surface area contributed by atoms with Crippen LogP contribution in [0.15, 0.2) is 66.9 Å². The van der Waals surface area contributed by atoms with Gasteiger partial charge in [0.05, 0.1) is 12.1 Å². The molecule has 0 fully saturated rings. The Kier molecular flexibility index (Phi) is 7.11. The largest absolute Gasteiger partial charge is 0.416 e. The quantitative estimate of drug-likeness (QED) is 0.404. The zero-order valence-corrected chi connectivity index (χ0v) is 18.1. The van der Waals surface area contributed by atoms with Gasteiger partial charge in [0.2, 0.25) is 0 Å². The van der Waals surface area contributed by atoms with Crippen molar-refractivity contribution < 1.29 is 18.0 Å². The third-order valence-corrected chi connectivity index (χ3v) is 5.09. The maximum absolute atomic E-state index is 13.1. The van der Waals surface area contributed by atoms with Gasteiger partial charge in [-0.2, -0.15) is 13.2 Å². The van der Waals surface area contributed by atoms with Crippen LogP contribution in [-0.2, 0) is 19.3 Å². The standard InChI is InChI=1S/C24H24ClF3N2O/c1-17(2)14-30(23(31)19-8-10-20(11-9-19)24(26,27)28)16-22-7-4-12-29(22)15-18-5-3-6-21(25)13-18/h3-13,17H,14-16H2,1-2H3. The molecule has 0 aliphatic heterocycles. The second kappa shape index (κ2) is 9.60. The van der Waals surface area contributed by atoms with Crippen molar-refractivity contribution in [3.63, 3.8) is 0 Å². The predicted octanol–water partition coefficient (Wildman–Crippen LogP) is 6.51. The Hall–Kier alpha value is -2.73. The van der Waals surface area contributed by atoms with Gasteiger partial charge in [0, 0.05) is 35.6 Å². The van der Waals surface area contributed by atoms with Crippen LogP contribution in [0, 0.1) is 5.92 Å². The Balaban J connectivity index is 1.81. The lowest BCUT2D eigenvalue weighted by Crippen LogP contribution is -2.34. The maximum atomic E-state index is 13.1. The van der Waals surface area contributed by atoms with Crippen LogP contribution < -0.4 is 0 Å². The van der Waals surface area contributed by atoms with Crippen molar-refractivity contribution in [2.45, 2.75) is 33.1 Å². The number of hydrogen-bond acceptors (Lipinski definition) is 1. The van der Waals surface area contributed by atoms with E-state index < -0.39 is 11.7 Å². The van der Waals surface area contributed by atoms with Crippen LogP contribution in [-0.4, -0.2) is 21.9 Å². The van der Waals surface area contributed by atoms with Gasteiger partial charge in [-0.05, 0) is 60.0 Å². The molecule has 0 unspecified atom stereocenters. The summed E-state index contributed by atoms with van der Waals surface area (Å²) in [6.45, 7) is 5.44. The second-order valence-corrected chi connectivity index (χ2v) is 8.35. The van der Waals surface area contributed by atoms with Crippen molar-refractivity contribution in [2.75, 3.05) is 6.54 Å². The molecule has 0 aliphatic carbocycles. The number of aromatic nitrogens is 1. The number of carbonyl (C=O) groups excluding carboxylic acids is 1. The molecule has 0 saturated carbocycles. The summed E-state index contributed by atoms with van der Waals surface area (Å²) in [5.74, 6) is -0.0901. The van der Waals surface area contributed by atoms with Crippen LogP contribution in [0.5, 0.6) is 0 Å². The number of halogens is 4. The van der Waals surface area contributed by atoms with Gasteiger partial charge in [0.15, 0.2) is 0 Å². The molecule has 0 N–H and O–H groups in total. The fraction of sp³-hybridized carbons (Fsp3) is 0.292. The first-order chi connectivity index (χ1) is 14.6. The summed E-state index contributed by atoms with van der Waals surface area (Å²) in [5, 5.41) is 0.658. The summed E-state index contributed by atoms with van der Waals surface area (Å²) in [6.07, 6.45) is -2.49. The van der Waals surface area contributed by atoms with E-state index in [9.17, 15) is 18.0 Å². The Labute approximate surface area is 185 Å². The zero-order chi connectivity index (χ0) is 22.6. The fourth-order valence-corrected chi connectivity index (χ4v) is 3.63. The van der Waals surface area contributed by atoms with E-state index in [1.54, 1.807) is 4.90 Å². The molecule has 164 valence electrons. The lowest BCUT2D eigenvalue weighted by Gasteiger charge is -2.26. The van der Waals surface area contributed by atoms with E-state index in [4.69, 9.17) is 11.6 Å². The van der Waals surface area contributed by atoms with Crippen molar-refractivity contribution in [3.05, 3.63) is 94.3 Å². The summed E-state index contributed by atoms with van der Waals surface area (Å²) in [6, 6.07) is 15.8. The highest BCUT2D eigenvalue weighted by atomic mass is 35.5. The number of nitrogens with zero attached hydrogens (tertiary/aromatic N) is 2. The van der Waals surface area contributed by atoms with Crippen LogP contribution in [0.2, 0.25) is 5.02 Å². The van der Waals surface area contributed by atoms with E-state index in [1.165, 1.54) is 12.1 Å². The smallest absolute Gasteiger partial charge is 0.345 e.